The number of nitro benzene ring substituents is 1. The van der Waals surface area contributed by atoms with Crippen LogP contribution in [0.5, 0.6) is 11.5 Å². The van der Waals surface area contributed by atoms with Crippen LogP contribution < -0.4 is 9.75 Å². The maximum absolute atomic E-state index is 11.2. The Bertz CT molecular complexity index is 920. The van der Waals surface area contributed by atoms with Crippen molar-refractivity contribution in [3.05, 3.63) is 88.5 Å². The molecular formula is C20H17N3O4. The Hall–Kier alpha value is -3.87. The number of hydrogen-bond donors (Lipinski definition) is 1. The summed E-state index contributed by atoms with van der Waals surface area (Å²) in [5.74, 6) is -0.501. The number of hydrogen-bond acceptors (Lipinski definition) is 6. The van der Waals surface area contributed by atoms with Crippen LogP contribution in [-0.4, -0.2) is 23.4 Å². The molecule has 3 aromatic carbocycles. The Kier molecular flexibility index (Phi) is 5.32. The molecule has 0 radical (unpaired) electrons. The summed E-state index contributed by atoms with van der Waals surface area (Å²) in [5, 5.41) is 27.3. The third-order valence-corrected chi connectivity index (χ3v) is 3.82. The van der Waals surface area contributed by atoms with Gasteiger partial charge in [0.25, 0.3) is 0 Å². The van der Waals surface area contributed by atoms with Gasteiger partial charge in [0.1, 0.15) is 0 Å². The highest BCUT2D eigenvalue weighted by atomic mass is 16.6. The lowest BCUT2D eigenvalue weighted by Gasteiger charge is -2.19. The van der Waals surface area contributed by atoms with Gasteiger partial charge in [-0.15, -0.1) is 0 Å². The molecule has 0 spiro atoms. The van der Waals surface area contributed by atoms with Gasteiger partial charge in [0.2, 0.25) is 5.75 Å². The minimum Gasteiger partial charge on any atom is -0.500 e. The van der Waals surface area contributed by atoms with E-state index in [1.165, 1.54) is 25.5 Å². The third-order valence-electron chi connectivity index (χ3n) is 3.82. The third kappa shape index (κ3) is 4.04. The smallest absolute Gasteiger partial charge is 0.315 e. The largest absolute Gasteiger partial charge is 0.500 e. The lowest BCUT2D eigenvalue weighted by molar-refractivity contribution is -0.386. The first-order valence-corrected chi connectivity index (χ1v) is 8.09. The van der Waals surface area contributed by atoms with Crippen LogP contribution in [0.25, 0.3) is 0 Å². The van der Waals surface area contributed by atoms with Crippen molar-refractivity contribution >= 4 is 23.3 Å². The van der Waals surface area contributed by atoms with E-state index in [0.29, 0.717) is 5.56 Å². The van der Waals surface area contributed by atoms with Crippen LogP contribution in [-0.2, 0) is 0 Å². The summed E-state index contributed by atoms with van der Waals surface area (Å²) in [7, 11) is 1.33. The molecule has 0 aliphatic carbocycles. The number of hydrazone groups is 1. The van der Waals surface area contributed by atoms with Gasteiger partial charge in [0.15, 0.2) is 5.75 Å². The number of phenolic OH excluding ortho intramolecular Hbond substituents is 1. The van der Waals surface area contributed by atoms with Gasteiger partial charge < -0.3 is 9.84 Å². The fourth-order valence-electron chi connectivity index (χ4n) is 2.53. The first kappa shape index (κ1) is 17.9. The van der Waals surface area contributed by atoms with Gasteiger partial charge in [-0.2, -0.15) is 5.10 Å². The van der Waals surface area contributed by atoms with Crippen molar-refractivity contribution in [1.82, 2.24) is 0 Å². The number of benzene rings is 3. The normalized spacial score (nSPS) is 10.7. The average Bonchev–Trinajstić information content (AvgIpc) is 2.70. The summed E-state index contributed by atoms with van der Waals surface area (Å²) in [5.41, 5.74) is 1.65. The Morgan fingerprint density at radius 2 is 1.59 bits per heavy atom. The number of methoxy groups -OCH3 is 1. The Balaban J connectivity index is 2.03. The van der Waals surface area contributed by atoms with Crippen LogP contribution >= 0.6 is 0 Å². The fraction of sp³-hybridized carbons (Fsp3) is 0.0500. The lowest BCUT2D eigenvalue weighted by atomic mass is 10.2. The fourth-order valence-corrected chi connectivity index (χ4v) is 2.53. The molecule has 0 atom stereocenters. The molecule has 0 saturated carbocycles. The van der Waals surface area contributed by atoms with Crippen molar-refractivity contribution in [1.29, 1.82) is 0 Å². The van der Waals surface area contributed by atoms with Crippen LogP contribution in [0, 0.1) is 10.1 Å². The topological polar surface area (TPSA) is 88.2 Å². The molecule has 0 fully saturated rings. The number of nitrogens with zero attached hydrogens (tertiary/aromatic N) is 3. The van der Waals surface area contributed by atoms with Crippen LogP contribution in [0.1, 0.15) is 5.56 Å². The molecule has 3 rings (SSSR count). The summed E-state index contributed by atoms with van der Waals surface area (Å²) < 4.78 is 5.02. The standard InChI is InChI=1S/C20H17N3O4/c1-27-19-13-15(12-18(20(19)24)23(25)26)14-21-22(16-8-4-2-5-9-16)17-10-6-3-7-11-17/h2-14,24H,1H3. The zero-order valence-corrected chi connectivity index (χ0v) is 14.5. The predicted molar refractivity (Wildman–Crippen MR) is 104 cm³/mol. The zero-order chi connectivity index (χ0) is 19.2. The number of nitro groups is 1. The molecule has 1 N–H and O–H groups in total. The van der Waals surface area contributed by atoms with Gasteiger partial charge in [-0.05, 0) is 30.3 Å². The van der Waals surface area contributed by atoms with Gasteiger partial charge in [0.05, 0.1) is 29.6 Å². The highest BCUT2D eigenvalue weighted by molar-refractivity contribution is 5.84. The maximum atomic E-state index is 11.2. The summed E-state index contributed by atoms with van der Waals surface area (Å²) in [4.78, 5) is 10.5. The van der Waals surface area contributed by atoms with E-state index in [2.05, 4.69) is 5.10 Å². The summed E-state index contributed by atoms with van der Waals surface area (Å²) in [6.45, 7) is 0. The van der Waals surface area contributed by atoms with Gasteiger partial charge in [-0.25, -0.2) is 5.01 Å². The van der Waals surface area contributed by atoms with Crippen molar-refractivity contribution in [3.8, 4) is 11.5 Å². The van der Waals surface area contributed by atoms with Gasteiger partial charge in [-0.1, -0.05) is 36.4 Å². The first-order valence-electron chi connectivity index (χ1n) is 8.09. The van der Waals surface area contributed by atoms with Crippen molar-refractivity contribution in [2.24, 2.45) is 5.10 Å². The lowest BCUT2D eigenvalue weighted by Crippen LogP contribution is -2.09. The number of para-hydroxylation sites is 2. The van der Waals surface area contributed by atoms with E-state index in [1.54, 1.807) is 5.01 Å². The van der Waals surface area contributed by atoms with Crippen molar-refractivity contribution in [2.75, 3.05) is 12.1 Å². The molecule has 3 aromatic rings. The molecule has 27 heavy (non-hydrogen) atoms. The highest BCUT2D eigenvalue weighted by Crippen LogP contribution is 2.36. The predicted octanol–water partition coefficient (Wildman–Crippen LogP) is 4.48. The maximum Gasteiger partial charge on any atom is 0.315 e. The molecule has 0 aliphatic heterocycles. The molecule has 0 bridgehead atoms. The van der Waals surface area contributed by atoms with Crippen LogP contribution in [0.3, 0.4) is 0 Å². The molecule has 136 valence electrons. The molecule has 0 heterocycles. The summed E-state index contributed by atoms with van der Waals surface area (Å²) in [6.07, 6.45) is 1.48. The number of aromatic hydroxyl groups is 1. The van der Waals surface area contributed by atoms with E-state index in [0.717, 1.165) is 11.4 Å². The zero-order valence-electron chi connectivity index (χ0n) is 14.5. The number of anilines is 2. The monoisotopic (exact) mass is 363 g/mol. The Morgan fingerprint density at radius 1 is 1.04 bits per heavy atom. The molecular weight excluding hydrogens is 346 g/mol. The van der Waals surface area contributed by atoms with E-state index in [1.807, 2.05) is 60.7 Å². The average molecular weight is 363 g/mol. The second-order valence-electron chi connectivity index (χ2n) is 5.58. The van der Waals surface area contributed by atoms with E-state index >= 15 is 0 Å². The highest BCUT2D eigenvalue weighted by Gasteiger charge is 2.19. The van der Waals surface area contributed by atoms with Gasteiger partial charge in [0, 0.05) is 11.6 Å². The van der Waals surface area contributed by atoms with E-state index in [4.69, 9.17) is 4.74 Å². The van der Waals surface area contributed by atoms with Gasteiger partial charge in [-0.3, -0.25) is 10.1 Å². The van der Waals surface area contributed by atoms with Crippen LogP contribution in [0.2, 0.25) is 0 Å². The SMILES string of the molecule is COc1cc(C=NN(c2ccccc2)c2ccccc2)cc([N+](=O)[O-])c1O. The second-order valence-corrected chi connectivity index (χ2v) is 5.58. The first-order chi connectivity index (χ1) is 13.1. The molecule has 0 aromatic heterocycles. The van der Waals surface area contributed by atoms with Crippen molar-refractivity contribution in [2.45, 2.75) is 0 Å². The number of phenols is 1. The minimum atomic E-state index is -0.665. The molecule has 7 heteroatoms. The van der Waals surface area contributed by atoms with Crippen LogP contribution in [0.15, 0.2) is 77.9 Å². The number of ether oxygens (including phenoxy) is 1. The van der Waals surface area contributed by atoms with E-state index < -0.39 is 16.4 Å². The van der Waals surface area contributed by atoms with Crippen molar-refractivity contribution < 1.29 is 14.8 Å². The Labute approximate surface area is 155 Å². The van der Waals surface area contributed by atoms with E-state index in [9.17, 15) is 15.2 Å². The molecule has 0 amide bonds. The molecule has 7 nitrogen and oxygen atoms in total. The quantitative estimate of drug-likeness (QED) is 0.396. The molecule has 0 unspecified atom stereocenters. The van der Waals surface area contributed by atoms with Gasteiger partial charge >= 0.3 is 5.69 Å². The Morgan fingerprint density at radius 3 is 2.07 bits per heavy atom. The number of rotatable bonds is 6. The van der Waals surface area contributed by atoms with E-state index in [-0.39, 0.29) is 5.75 Å². The molecule has 0 aliphatic rings. The minimum absolute atomic E-state index is 0.0108. The second kappa shape index (κ2) is 8.01. The van der Waals surface area contributed by atoms with Crippen molar-refractivity contribution in [3.63, 3.8) is 0 Å². The summed E-state index contributed by atoms with van der Waals surface area (Å²) in [6, 6.07) is 21.8. The molecule has 0 saturated heterocycles. The summed E-state index contributed by atoms with van der Waals surface area (Å²) >= 11 is 0. The van der Waals surface area contributed by atoms with Crippen LogP contribution in [0.4, 0.5) is 17.1 Å².